The number of hydrogen-bond donors (Lipinski definition) is 2. The number of likely N-dealkylation sites (tertiary alicyclic amines) is 1. The van der Waals surface area contributed by atoms with Crippen molar-refractivity contribution >= 4 is 5.96 Å². The van der Waals surface area contributed by atoms with E-state index in [1.165, 1.54) is 5.57 Å². The van der Waals surface area contributed by atoms with E-state index < -0.39 is 0 Å². The third-order valence-electron chi connectivity index (χ3n) is 6.03. The molecule has 174 valence electrons. The van der Waals surface area contributed by atoms with Crippen molar-refractivity contribution in [1.82, 2.24) is 35.2 Å². The monoisotopic (exact) mass is 432 g/mol. The third kappa shape index (κ3) is 7.90. The number of aliphatic imine (C=N–C) groups is 1. The Labute approximate surface area is 186 Å². The van der Waals surface area contributed by atoms with E-state index in [1.807, 2.05) is 18.5 Å². The van der Waals surface area contributed by atoms with Crippen molar-refractivity contribution in [3.63, 3.8) is 0 Å². The maximum atomic E-state index is 5.44. The fourth-order valence-corrected chi connectivity index (χ4v) is 4.04. The lowest BCUT2D eigenvalue weighted by Crippen LogP contribution is -2.49. The van der Waals surface area contributed by atoms with E-state index in [-0.39, 0.29) is 0 Å². The lowest BCUT2D eigenvalue weighted by Gasteiger charge is -2.33. The molecule has 0 unspecified atom stereocenters. The van der Waals surface area contributed by atoms with Crippen molar-refractivity contribution < 1.29 is 4.74 Å². The van der Waals surface area contributed by atoms with Gasteiger partial charge in [0, 0.05) is 52.4 Å². The Morgan fingerprint density at radius 2 is 1.90 bits per heavy atom. The van der Waals surface area contributed by atoms with Crippen LogP contribution in [-0.2, 0) is 18.3 Å². The van der Waals surface area contributed by atoms with Crippen LogP contribution >= 0.6 is 0 Å². The molecule has 2 saturated heterocycles. The highest BCUT2D eigenvalue weighted by Crippen LogP contribution is 2.11. The Morgan fingerprint density at radius 3 is 2.55 bits per heavy atom. The Kier molecular flexibility index (Phi) is 9.30. The molecule has 0 saturated carbocycles. The van der Waals surface area contributed by atoms with Gasteiger partial charge in [0.2, 0.25) is 0 Å². The molecule has 3 heterocycles. The van der Waals surface area contributed by atoms with Gasteiger partial charge in [0.25, 0.3) is 0 Å². The summed E-state index contributed by atoms with van der Waals surface area (Å²) >= 11 is 0. The number of ether oxygens (including phenoxy) is 1. The normalized spacial score (nSPS) is 19.5. The molecule has 2 aliphatic heterocycles. The number of guanidine groups is 1. The molecule has 3 rings (SSSR count). The van der Waals surface area contributed by atoms with E-state index in [9.17, 15) is 0 Å². The summed E-state index contributed by atoms with van der Waals surface area (Å²) in [6, 6.07) is 0.438. The predicted octanol–water partition coefficient (Wildman–Crippen LogP) is 0.922. The van der Waals surface area contributed by atoms with Crippen LogP contribution in [0.15, 0.2) is 17.1 Å². The summed E-state index contributed by atoms with van der Waals surface area (Å²) in [6.45, 7) is 17.6. The molecule has 2 fully saturated rings. The highest BCUT2D eigenvalue weighted by Gasteiger charge is 2.20. The summed E-state index contributed by atoms with van der Waals surface area (Å²) in [5.41, 5.74) is 1.23. The van der Waals surface area contributed by atoms with E-state index in [1.54, 1.807) is 0 Å². The van der Waals surface area contributed by atoms with Crippen LogP contribution in [0, 0.1) is 6.92 Å². The molecule has 0 radical (unpaired) electrons. The van der Waals surface area contributed by atoms with Crippen molar-refractivity contribution in [2.45, 2.75) is 45.7 Å². The molecule has 0 amide bonds. The molecule has 1 aromatic rings. The van der Waals surface area contributed by atoms with Crippen LogP contribution in [0.5, 0.6) is 0 Å². The van der Waals surface area contributed by atoms with E-state index in [0.29, 0.717) is 12.6 Å². The van der Waals surface area contributed by atoms with Crippen molar-refractivity contribution in [1.29, 1.82) is 0 Å². The minimum absolute atomic E-state index is 0.438. The SMILES string of the molecule is C=C(C)CN1CCC(NC(=NCc2nnc(C)n2C)NCCCN2CCOCC2)CC1. The van der Waals surface area contributed by atoms with Gasteiger partial charge in [0.15, 0.2) is 11.8 Å². The van der Waals surface area contributed by atoms with Crippen LogP contribution < -0.4 is 10.6 Å². The Morgan fingerprint density at radius 1 is 1.16 bits per heavy atom. The van der Waals surface area contributed by atoms with Crippen molar-refractivity contribution in [2.75, 3.05) is 59.0 Å². The number of nitrogens with zero attached hydrogens (tertiary/aromatic N) is 6. The zero-order chi connectivity index (χ0) is 22.1. The second-order valence-electron chi connectivity index (χ2n) is 8.77. The average molecular weight is 433 g/mol. The molecular formula is C22H40N8O. The van der Waals surface area contributed by atoms with Gasteiger partial charge in [0.1, 0.15) is 12.4 Å². The molecule has 2 aliphatic rings. The first-order chi connectivity index (χ1) is 15.0. The summed E-state index contributed by atoms with van der Waals surface area (Å²) in [7, 11) is 1.99. The largest absolute Gasteiger partial charge is 0.379 e. The highest BCUT2D eigenvalue weighted by molar-refractivity contribution is 5.80. The first kappa shape index (κ1) is 23.7. The third-order valence-corrected chi connectivity index (χ3v) is 6.03. The van der Waals surface area contributed by atoms with Crippen LogP contribution in [0.2, 0.25) is 0 Å². The van der Waals surface area contributed by atoms with Crippen molar-refractivity contribution in [2.24, 2.45) is 12.0 Å². The van der Waals surface area contributed by atoms with Crippen LogP contribution in [0.3, 0.4) is 0 Å². The van der Waals surface area contributed by atoms with Gasteiger partial charge in [0.05, 0.1) is 13.2 Å². The van der Waals surface area contributed by atoms with Gasteiger partial charge in [-0.15, -0.1) is 10.2 Å². The summed E-state index contributed by atoms with van der Waals surface area (Å²) in [4.78, 5) is 9.77. The number of aryl methyl sites for hydroxylation is 1. The van der Waals surface area contributed by atoms with E-state index in [4.69, 9.17) is 9.73 Å². The van der Waals surface area contributed by atoms with Crippen LogP contribution in [0.1, 0.15) is 37.8 Å². The second-order valence-corrected chi connectivity index (χ2v) is 8.77. The smallest absolute Gasteiger partial charge is 0.191 e. The van der Waals surface area contributed by atoms with Crippen LogP contribution in [0.25, 0.3) is 0 Å². The van der Waals surface area contributed by atoms with E-state index in [2.05, 4.69) is 44.1 Å². The predicted molar refractivity (Wildman–Crippen MR) is 124 cm³/mol. The summed E-state index contributed by atoms with van der Waals surface area (Å²) < 4.78 is 7.43. The maximum absolute atomic E-state index is 5.44. The molecule has 0 spiro atoms. The Bertz CT molecular complexity index is 717. The second kappa shape index (κ2) is 12.2. The molecule has 1 aromatic heterocycles. The first-order valence-corrected chi connectivity index (χ1v) is 11.6. The van der Waals surface area contributed by atoms with Crippen LogP contribution in [-0.4, -0.2) is 95.6 Å². The van der Waals surface area contributed by atoms with Gasteiger partial charge >= 0.3 is 0 Å². The molecule has 9 nitrogen and oxygen atoms in total. The number of piperidine rings is 1. The summed E-state index contributed by atoms with van der Waals surface area (Å²) in [6.07, 6.45) is 3.32. The first-order valence-electron chi connectivity index (χ1n) is 11.6. The molecule has 0 atom stereocenters. The van der Waals surface area contributed by atoms with Crippen molar-refractivity contribution in [3.05, 3.63) is 23.8 Å². The van der Waals surface area contributed by atoms with Gasteiger partial charge in [-0.3, -0.25) is 9.80 Å². The number of aromatic nitrogens is 3. The zero-order valence-electron chi connectivity index (χ0n) is 19.6. The van der Waals surface area contributed by atoms with Gasteiger partial charge in [-0.05, 0) is 39.7 Å². The molecule has 0 aromatic carbocycles. The fourth-order valence-electron chi connectivity index (χ4n) is 4.04. The summed E-state index contributed by atoms with van der Waals surface area (Å²) in [5.74, 6) is 2.66. The van der Waals surface area contributed by atoms with Crippen molar-refractivity contribution in [3.8, 4) is 0 Å². The molecule has 9 heteroatoms. The standard InChI is InChI=1S/C22H40N8O/c1-18(2)17-30-10-6-20(7-11-30)25-22(24-16-21-27-26-19(3)28(21)4)23-8-5-9-29-12-14-31-15-13-29/h20H,1,5-17H2,2-4H3,(H2,23,24,25). The number of nitrogens with one attached hydrogen (secondary N) is 2. The number of rotatable bonds is 9. The molecule has 31 heavy (non-hydrogen) atoms. The van der Waals surface area contributed by atoms with Gasteiger partial charge in [-0.1, -0.05) is 12.2 Å². The Balaban J connectivity index is 1.50. The lowest BCUT2D eigenvalue weighted by molar-refractivity contribution is 0.0376. The van der Waals surface area contributed by atoms with E-state index in [0.717, 1.165) is 95.9 Å². The maximum Gasteiger partial charge on any atom is 0.191 e. The minimum Gasteiger partial charge on any atom is -0.379 e. The zero-order valence-corrected chi connectivity index (χ0v) is 19.6. The van der Waals surface area contributed by atoms with Gasteiger partial charge in [-0.2, -0.15) is 0 Å². The molecular weight excluding hydrogens is 392 g/mol. The van der Waals surface area contributed by atoms with Gasteiger partial charge < -0.3 is 19.9 Å². The fraction of sp³-hybridized carbons (Fsp3) is 0.773. The lowest BCUT2D eigenvalue weighted by atomic mass is 10.0. The van der Waals surface area contributed by atoms with Gasteiger partial charge in [-0.25, -0.2) is 4.99 Å². The minimum atomic E-state index is 0.438. The quantitative estimate of drug-likeness (QED) is 0.260. The van der Waals surface area contributed by atoms with Crippen LogP contribution in [0.4, 0.5) is 0 Å². The van der Waals surface area contributed by atoms with E-state index >= 15 is 0 Å². The average Bonchev–Trinajstić information content (AvgIpc) is 3.08. The molecule has 0 bridgehead atoms. The number of morpholine rings is 1. The molecule has 0 aliphatic carbocycles. The highest BCUT2D eigenvalue weighted by atomic mass is 16.5. The summed E-state index contributed by atoms with van der Waals surface area (Å²) in [5, 5.41) is 15.6. The number of hydrogen-bond acceptors (Lipinski definition) is 6. The molecule has 2 N–H and O–H groups in total. The topological polar surface area (TPSA) is 82.8 Å². The Hall–Kier alpha value is -1.97.